The Morgan fingerprint density at radius 1 is 1.21 bits per heavy atom. The number of benzene rings is 2. The lowest BCUT2D eigenvalue weighted by Crippen LogP contribution is -2.13. The average molecular weight is 395 g/mol. The van der Waals surface area contributed by atoms with Crippen molar-refractivity contribution in [3.63, 3.8) is 0 Å². The molecular formula is C20H15ClN4O3. The summed E-state index contributed by atoms with van der Waals surface area (Å²) >= 11 is 5.92. The Hall–Kier alpha value is -3.76. The van der Waals surface area contributed by atoms with E-state index in [4.69, 9.17) is 22.1 Å². The molecule has 0 spiro atoms. The third-order valence-electron chi connectivity index (χ3n) is 4.03. The zero-order valence-electron chi connectivity index (χ0n) is 14.8. The van der Waals surface area contributed by atoms with Gasteiger partial charge in [0.25, 0.3) is 5.91 Å². The third-order valence-corrected chi connectivity index (χ3v) is 4.27. The predicted octanol–water partition coefficient (Wildman–Crippen LogP) is 3.62. The van der Waals surface area contributed by atoms with Gasteiger partial charge in [-0.3, -0.25) is 4.79 Å². The number of ether oxygens (including phenoxy) is 1. The topological polar surface area (TPSA) is 110 Å². The van der Waals surface area contributed by atoms with Crippen LogP contribution >= 0.6 is 11.6 Å². The fraction of sp³-hybridized carbons (Fsp3) is 0.0500. The van der Waals surface area contributed by atoms with Gasteiger partial charge in [-0.2, -0.15) is 5.26 Å². The minimum atomic E-state index is -0.665. The molecule has 0 saturated heterocycles. The first-order valence-electron chi connectivity index (χ1n) is 8.11. The third kappa shape index (κ3) is 3.68. The lowest BCUT2D eigenvalue weighted by Gasteiger charge is -2.10. The van der Waals surface area contributed by atoms with E-state index in [0.29, 0.717) is 22.0 Å². The maximum Gasteiger partial charge on any atom is 0.357 e. The molecule has 28 heavy (non-hydrogen) atoms. The van der Waals surface area contributed by atoms with Crippen LogP contribution in [0.5, 0.6) is 0 Å². The molecule has 7 nitrogen and oxygen atoms in total. The number of aromatic nitrogens is 1. The number of esters is 1. The second kappa shape index (κ2) is 7.86. The van der Waals surface area contributed by atoms with Gasteiger partial charge in [0.05, 0.1) is 18.4 Å². The number of nitrogens with two attached hydrogens (primary N) is 1. The largest absolute Gasteiger partial charge is 0.464 e. The minimum Gasteiger partial charge on any atom is -0.464 e. The summed E-state index contributed by atoms with van der Waals surface area (Å²) in [5.74, 6) is -0.978. The van der Waals surface area contributed by atoms with E-state index in [1.54, 1.807) is 48.5 Å². The summed E-state index contributed by atoms with van der Waals surface area (Å²) in [7, 11) is 1.23. The summed E-state index contributed by atoms with van der Waals surface area (Å²) in [4.78, 5) is 24.5. The number of halogens is 1. The van der Waals surface area contributed by atoms with Crippen LogP contribution in [0.3, 0.4) is 0 Å². The molecule has 2 aromatic carbocycles. The first-order chi connectivity index (χ1) is 13.4. The van der Waals surface area contributed by atoms with Crippen molar-refractivity contribution < 1.29 is 14.3 Å². The van der Waals surface area contributed by atoms with Gasteiger partial charge in [-0.05, 0) is 42.5 Å². The molecule has 0 unspecified atom stereocenters. The Balaban J connectivity index is 1.90. The van der Waals surface area contributed by atoms with E-state index in [-0.39, 0.29) is 22.9 Å². The molecule has 1 amide bonds. The van der Waals surface area contributed by atoms with Crippen LogP contribution in [0.1, 0.15) is 26.4 Å². The number of hydrogen-bond acceptors (Lipinski definition) is 5. The van der Waals surface area contributed by atoms with E-state index in [9.17, 15) is 14.9 Å². The number of anilines is 2. The lowest BCUT2D eigenvalue weighted by atomic mass is 10.2. The molecule has 0 bridgehead atoms. The number of carbonyl (C=O) groups is 2. The number of nitriles is 1. The van der Waals surface area contributed by atoms with Gasteiger partial charge >= 0.3 is 5.97 Å². The summed E-state index contributed by atoms with van der Waals surface area (Å²) < 4.78 is 6.21. The molecule has 3 aromatic rings. The van der Waals surface area contributed by atoms with Crippen molar-refractivity contribution in [2.24, 2.45) is 0 Å². The van der Waals surface area contributed by atoms with Gasteiger partial charge in [-0.1, -0.05) is 17.7 Å². The lowest BCUT2D eigenvalue weighted by molar-refractivity contribution is 0.0593. The normalized spacial score (nSPS) is 10.2. The number of amides is 1. The maximum atomic E-state index is 12.4. The average Bonchev–Trinajstić information content (AvgIpc) is 3.04. The van der Waals surface area contributed by atoms with Crippen molar-refractivity contribution in [2.45, 2.75) is 0 Å². The molecule has 3 N–H and O–H groups in total. The zero-order chi connectivity index (χ0) is 20.3. The van der Waals surface area contributed by atoms with Crippen molar-refractivity contribution in [3.8, 4) is 11.8 Å². The molecular weight excluding hydrogens is 380 g/mol. The van der Waals surface area contributed by atoms with E-state index >= 15 is 0 Å². The van der Waals surface area contributed by atoms with Crippen molar-refractivity contribution in [1.82, 2.24) is 4.57 Å². The minimum absolute atomic E-state index is 0.0390. The highest BCUT2D eigenvalue weighted by molar-refractivity contribution is 6.31. The highest BCUT2D eigenvalue weighted by atomic mass is 35.5. The maximum absolute atomic E-state index is 12.4. The predicted molar refractivity (Wildman–Crippen MR) is 106 cm³/mol. The van der Waals surface area contributed by atoms with Crippen LogP contribution in [0, 0.1) is 11.3 Å². The van der Waals surface area contributed by atoms with Gasteiger partial charge in [0.1, 0.15) is 6.07 Å². The molecule has 0 saturated carbocycles. The molecule has 3 rings (SSSR count). The Morgan fingerprint density at radius 3 is 2.54 bits per heavy atom. The van der Waals surface area contributed by atoms with Crippen LogP contribution in [0.4, 0.5) is 11.4 Å². The number of carbonyl (C=O) groups excluding carboxylic acids is 2. The highest BCUT2D eigenvalue weighted by Gasteiger charge is 2.21. The van der Waals surface area contributed by atoms with Gasteiger partial charge in [0, 0.05) is 28.2 Å². The standard InChI is InChI=1S/C20H15ClN4O3/c1-28-20(27)18-17(23)13(10-22)11-25(18)16-7-5-12(6-8-16)19(26)24-15-4-2-3-14(21)9-15/h2-9,11H,23H2,1H3,(H,24,26). The Bertz CT molecular complexity index is 1100. The number of nitrogens with zero attached hydrogens (tertiary/aromatic N) is 2. The summed E-state index contributed by atoms with van der Waals surface area (Å²) in [6, 6.07) is 15.2. The summed E-state index contributed by atoms with van der Waals surface area (Å²) in [5.41, 5.74) is 7.66. The van der Waals surface area contributed by atoms with Gasteiger partial charge < -0.3 is 20.4 Å². The van der Waals surface area contributed by atoms with Crippen molar-refractivity contribution in [3.05, 3.63) is 76.6 Å². The van der Waals surface area contributed by atoms with E-state index < -0.39 is 5.97 Å². The van der Waals surface area contributed by atoms with Gasteiger partial charge in [-0.15, -0.1) is 0 Å². The monoisotopic (exact) mass is 394 g/mol. The summed E-state index contributed by atoms with van der Waals surface area (Å²) in [6.45, 7) is 0. The number of methoxy groups -OCH3 is 1. The van der Waals surface area contributed by atoms with E-state index in [1.807, 2.05) is 6.07 Å². The van der Waals surface area contributed by atoms with Gasteiger partial charge in [0.2, 0.25) is 0 Å². The fourth-order valence-corrected chi connectivity index (χ4v) is 2.85. The summed E-state index contributed by atoms with van der Waals surface area (Å²) in [5, 5.41) is 12.4. The molecule has 0 aliphatic heterocycles. The quantitative estimate of drug-likeness (QED) is 0.656. The first-order valence-corrected chi connectivity index (χ1v) is 8.49. The van der Waals surface area contributed by atoms with Crippen molar-refractivity contribution >= 4 is 34.9 Å². The second-order valence-electron chi connectivity index (χ2n) is 5.79. The SMILES string of the molecule is COC(=O)c1c(N)c(C#N)cn1-c1ccc(C(=O)Nc2cccc(Cl)c2)cc1. The van der Waals surface area contributed by atoms with E-state index in [1.165, 1.54) is 17.9 Å². The number of rotatable bonds is 4. The smallest absolute Gasteiger partial charge is 0.357 e. The van der Waals surface area contributed by atoms with Crippen LogP contribution in [-0.4, -0.2) is 23.6 Å². The molecule has 0 aliphatic carbocycles. The Kier molecular flexibility index (Phi) is 5.34. The van der Waals surface area contributed by atoms with Crippen molar-refractivity contribution in [1.29, 1.82) is 5.26 Å². The van der Waals surface area contributed by atoms with Gasteiger partial charge in [0.15, 0.2) is 5.69 Å². The van der Waals surface area contributed by atoms with E-state index in [2.05, 4.69) is 5.32 Å². The van der Waals surface area contributed by atoms with Crippen LogP contribution < -0.4 is 11.1 Å². The number of hydrogen-bond donors (Lipinski definition) is 2. The van der Waals surface area contributed by atoms with Crippen LogP contribution in [0.25, 0.3) is 5.69 Å². The molecule has 0 aliphatic rings. The number of nitrogen functional groups attached to an aromatic ring is 1. The molecule has 1 heterocycles. The van der Waals surface area contributed by atoms with Crippen LogP contribution in [0.2, 0.25) is 5.02 Å². The van der Waals surface area contributed by atoms with Crippen molar-refractivity contribution in [2.75, 3.05) is 18.2 Å². The van der Waals surface area contributed by atoms with Gasteiger partial charge in [-0.25, -0.2) is 4.79 Å². The molecule has 140 valence electrons. The molecule has 8 heteroatoms. The molecule has 0 atom stereocenters. The Morgan fingerprint density at radius 2 is 1.93 bits per heavy atom. The Labute approximate surface area is 165 Å². The molecule has 1 aromatic heterocycles. The number of nitrogens with one attached hydrogen (secondary N) is 1. The van der Waals surface area contributed by atoms with E-state index in [0.717, 1.165) is 0 Å². The zero-order valence-corrected chi connectivity index (χ0v) is 15.5. The molecule has 0 fully saturated rings. The second-order valence-corrected chi connectivity index (χ2v) is 6.23. The molecule has 0 radical (unpaired) electrons. The summed E-state index contributed by atoms with van der Waals surface area (Å²) in [6.07, 6.45) is 1.45. The van der Waals surface area contributed by atoms with Crippen LogP contribution in [0.15, 0.2) is 54.7 Å². The fourth-order valence-electron chi connectivity index (χ4n) is 2.66. The van der Waals surface area contributed by atoms with Crippen LogP contribution in [-0.2, 0) is 4.74 Å². The first kappa shape index (κ1) is 19.0. The highest BCUT2D eigenvalue weighted by Crippen LogP contribution is 2.25.